The predicted octanol–water partition coefficient (Wildman–Crippen LogP) is 4.10. The first-order valence-electron chi connectivity index (χ1n) is 8.73. The largest absolute Gasteiger partial charge is 0.478 e. The normalized spacial score (nSPS) is 11.9. The maximum absolute atomic E-state index is 13.3. The van der Waals surface area contributed by atoms with E-state index < -0.39 is 23.4 Å². The van der Waals surface area contributed by atoms with E-state index in [9.17, 15) is 22.8 Å². The van der Waals surface area contributed by atoms with Gasteiger partial charge < -0.3 is 10.0 Å². The van der Waals surface area contributed by atoms with Gasteiger partial charge in [0.05, 0.1) is 11.9 Å². The van der Waals surface area contributed by atoms with Crippen LogP contribution in [0.4, 0.5) is 13.2 Å². The van der Waals surface area contributed by atoms with Gasteiger partial charge in [-0.1, -0.05) is 13.8 Å². The number of amides is 1. The number of rotatable bonds is 6. The van der Waals surface area contributed by atoms with Crippen LogP contribution in [0.5, 0.6) is 0 Å². The van der Waals surface area contributed by atoms with Crippen LogP contribution in [-0.4, -0.2) is 44.3 Å². The third-order valence-electron chi connectivity index (χ3n) is 4.07. The number of halogens is 3. The van der Waals surface area contributed by atoms with Crippen LogP contribution in [0.3, 0.4) is 0 Å². The molecule has 0 aliphatic carbocycles. The number of carbonyl (C=O) groups excluding carboxylic acids is 1. The molecular weight excluding hydrogens is 375 g/mol. The maximum atomic E-state index is 13.3. The van der Waals surface area contributed by atoms with Gasteiger partial charge in [-0.25, -0.2) is 9.48 Å². The van der Waals surface area contributed by atoms with Gasteiger partial charge in [0.1, 0.15) is 5.56 Å². The van der Waals surface area contributed by atoms with Gasteiger partial charge in [-0.15, -0.1) is 0 Å². The van der Waals surface area contributed by atoms with Crippen molar-refractivity contribution in [3.05, 3.63) is 47.3 Å². The maximum Gasteiger partial charge on any atom is 0.434 e. The molecule has 0 spiro atoms. The van der Waals surface area contributed by atoms with Crippen LogP contribution in [-0.2, 0) is 6.18 Å². The Hall–Kier alpha value is -2.84. The first kappa shape index (κ1) is 21.5. The highest BCUT2D eigenvalue weighted by molar-refractivity contribution is 5.94. The smallest absolute Gasteiger partial charge is 0.434 e. The SMILES string of the molecule is CC(C)CN(C(=O)c1ccc(-n2ncc(C(=O)O)c2C(F)(F)F)cc1)C(C)C. The summed E-state index contributed by atoms with van der Waals surface area (Å²) in [6.45, 7) is 8.31. The van der Waals surface area contributed by atoms with E-state index in [0.717, 1.165) is 0 Å². The number of aromatic carboxylic acids is 1. The van der Waals surface area contributed by atoms with Crippen molar-refractivity contribution < 1.29 is 27.9 Å². The Kier molecular flexibility index (Phi) is 6.16. The van der Waals surface area contributed by atoms with Crippen LogP contribution in [0.2, 0.25) is 0 Å². The highest BCUT2D eigenvalue weighted by Crippen LogP contribution is 2.33. The van der Waals surface area contributed by atoms with E-state index in [4.69, 9.17) is 5.11 Å². The molecule has 0 saturated carbocycles. The minimum Gasteiger partial charge on any atom is -0.478 e. The monoisotopic (exact) mass is 397 g/mol. The Bertz CT molecular complexity index is 856. The van der Waals surface area contributed by atoms with Gasteiger partial charge in [-0.05, 0) is 44.0 Å². The quantitative estimate of drug-likeness (QED) is 0.797. The topological polar surface area (TPSA) is 75.4 Å². The number of nitrogens with zero attached hydrogens (tertiary/aromatic N) is 3. The lowest BCUT2D eigenvalue weighted by molar-refractivity contribution is -0.143. The second-order valence-electron chi connectivity index (χ2n) is 7.11. The van der Waals surface area contributed by atoms with Crippen molar-refractivity contribution in [1.82, 2.24) is 14.7 Å². The number of carboxylic acid groups (broad SMARTS) is 1. The van der Waals surface area contributed by atoms with Gasteiger partial charge in [0, 0.05) is 18.2 Å². The molecule has 0 bridgehead atoms. The zero-order valence-corrected chi connectivity index (χ0v) is 16.0. The molecule has 0 unspecified atom stereocenters. The molecule has 152 valence electrons. The fourth-order valence-electron chi connectivity index (χ4n) is 2.81. The third-order valence-corrected chi connectivity index (χ3v) is 4.07. The lowest BCUT2D eigenvalue weighted by atomic mass is 10.1. The summed E-state index contributed by atoms with van der Waals surface area (Å²) in [5, 5.41) is 12.6. The van der Waals surface area contributed by atoms with Crippen molar-refractivity contribution in [2.75, 3.05) is 6.54 Å². The van der Waals surface area contributed by atoms with Crippen molar-refractivity contribution >= 4 is 11.9 Å². The Balaban J connectivity index is 2.40. The van der Waals surface area contributed by atoms with Gasteiger partial charge in [0.2, 0.25) is 0 Å². The van der Waals surface area contributed by atoms with Crippen LogP contribution in [0.25, 0.3) is 5.69 Å². The van der Waals surface area contributed by atoms with Crippen molar-refractivity contribution in [3.63, 3.8) is 0 Å². The molecule has 28 heavy (non-hydrogen) atoms. The number of hydrogen-bond donors (Lipinski definition) is 1. The second-order valence-corrected chi connectivity index (χ2v) is 7.11. The molecular formula is C19H22F3N3O3. The Morgan fingerprint density at radius 2 is 1.71 bits per heavy atom. The molecule has 0 aliphatic heterocycles. The molecule has 0 saturated heterocycles. The summed E-state index contributed by atoms with van der Waals surface area (Å²) >= 11 is 0. The molecule has 0 aliphatic rings. The number of alkyl halides is 3. The molecule has 2 rings (SSSR count). The summed E-state index contributed by atoms with van der Waals surface area (Å²) in [5.74, 6) is -1.68. The summed E-state index contributed by atoms with van der Waals surface area (Å²) in [6, 6.07) is 5.42. The van der Waals surface area contributed by atoms with E-state index in [2.05, 4.69) is 5.10 Å². The van der Waals surface area contributed by atoms with Crippen LogP contribution >= 0.6 is 0 Å². The van der Waals surface area contributed by atoms with E-state index in [0.29, 0.717) is 23.0 Å². The van der Waals surface area contributed by atoms with Gasteiger partial charge in [-0.3, -0.25) is 4.79 Å². The van der Waals surface area contributed by atoms with Crippen LogP contribution in [0, 0.1) is 5.92 Å². The average molecular weight is 397 g/mol. The zero-order chi connectivity index (χ0) is 21.2. The average Bonchev–Trinajstić information content (AvgIpc) is 3.04. The highest BCUT2D eigenvalue weighted by Gasteiger charge is 2.40. The first-order chi connectivity index (χ1) is 12.9. The van der Waals surface area contributed by atoms with E-state index in [1.807, 2.05) is 27.7 Å². The van der Waals surface area contributed by atoms with Gasteiger partial charge >= 0.3 is 12.1 Å². The molecule has 0 atom stereocenters. The minimum atomic E-state index is -4.90. The fraction of sp³-hybridized carbons (Fsp3) is 0.421. The number of aromatic nitrogens is 2. The molecule has 1 aromatic carbocycles. The van der Waals surface area contributed by atoms with E-state index in [1.165, 1.54) is 24.3 Å². The van der Waals surface area contributed by atoms with Crippen LogP contribution < -0.4 is 0 Å². The van der Waals surface area contributed by atoms with Crippen molar-refractivity contribution in [3.8, 4) is 5.69 Å². The third kappa shape index (κ3) is 4.52. The van der Waals surface area contributed by atoms with Crippen molar-refractivity contribution in [1.29, 1.82) is 0 Å². The Morgan fingerprint density at radius 3 is 2.14 bits per heavy atom. The Morgan fingerprint density at radius 1 is 1.14 bits per heavy atom. The van der Waals surface area contributed by atoms with Crippen molar-refractivity contribution in [2.24, 2.45) is 5.92 Å². The lowest BCUT2D eigenvalue weighted by Crippen LogP contribution is -2.39. The van der Waals surface area contributed by atoms with Gasteiger partial charge in [0.25, 0.3) is 5.91 Å². The van der Waals surface area contributed by atoms with E-state index >= 15 is 0 Å². The molecule has 9 heteroatoms. The fourth-order valence-corrected chi connectivity index (χ4v) is 2.81. The van der Waals surface area contributed by atoms with Crippen LogP contribution in [0.15, 0.2) is 30.5 Å². The summed E-state index contributed by atoms with van der Waals surface area (Å²) in [4.78, 5) is 25.5. The lowest BCUT2D eigenvalue weighted by Gasteiger charge is -2.28. The molecule has 1 amide bonds. The number of hydrogen-bond acceptors (Lipinski definition) is 3. The summed E-state index contributed by atoms with van der Waals surface area (Å²) < 4.78 is 40.5. The molecule has 0 radical (unpaired) electrons. The summed E-state index contributed by atoms with van der Waals surface area (Å²) in [5.41, 5.74) is -1.97. The van der Waals surface area contributed by atoms with E-state index in [1.54, 1.807) is 4.90 Å². The minimum absolute atomic E-state index is 0.0105. The van der Waals surface area contributed by atoms with E-state index in [-0.39, 0.29) is 23.6 Å². The standard InChI is InChI=1S/C19H22F3N3O3/c1-11(2)10-24(12(3)4)17(26)13-5-7-14(8-6-13)25-16(19(20,21)22)15(9-23-25)18(27)28/h5-9,11-12H,10H2,1-4H3,(H,27,28). The highest BCUT2D eigenvalue weighted by atomic mass is 19.4. The predicted molar refractivity (Wildman–Crippen MR) is 96.5 cm³/mol. The summed E-state index contributed by atoms with van der Waals surface area (Å²) in [6.07, 6.45) is -4.24. The van der Waals surface area contributed by atoms with Gasteiger partial charge in [0.15, 0.2) is 5.69 Å². The number of benzene rings is 1. The van der Waals surface area contributed by atoms with Crippen LogP contribution in [0.1, 0.15) is 54.1 Å². The van der Waals surface area contributed by atoms with Gasteiger partial charge in [-0.2, -0.15) is 18.3 Å². The molecule has 6 nitrogen and oxygen atoms in total. The molecule has 1 N–H and O–H groups in total. The zero-order valence-electron chi connectivity index (χ0n) is 16.0. The summed E-state index contributed by atoms with van der Waals surface area (Å²) in [7, 11) is 0. The molecule has 1 heterocycles. The Labute approximate surface area is 160 Å². The molecule has 0 fully saturated rings. The number of carbonyl (C=O) groups is 2. The second kappa shape index (κ2) is 8.04. The van der Waals surface area contributed by atoms with Crippen molar-refractivity contribution in [2.45, 2.75) is 39.9 Å². The molecule has 1 aromatic heterocycles. The first-order valence-corrected chi connectivity index (χ1v) is 8.73. The molecule has 2 aromatic rings. The number of carboxylic acids is 1.